The molecule has 2 heterocycles. The number of aromatic nitrogens is 4. The van der Waals surface area contributed by atoms with Crippen LogP contribution in [0.2, 0.25) is 0 Å². The topological polar surface area (TPSA) is 68.5 Å². The Morgan fingerprint density at radius 1 is 0.941 bits per heavy atom. The number of nitrogens with zero attached hydrogens (tertiary/aromatic N) is 6. The van der Waals surface area contributed by atoms with E-state index < -0.39 is 0 Å². The molecule has 0 saturated carbocycles. The Morgan fingerprint density at radius 3 is 2.32 bits per heavy atom. The van der Waals surface area contributed by atoms with Crippen molar-refractivity contribution in [3.63, 3.8) is 0 Å². The number of hydrogen-bond acceptors (Lipinski definition) is 7. The van der Waals surface area contributed by atoms with Crippen LogP contribution in [0, 0.1) is 0 Å². The molecule has 1 fully saturated rings. The fourth-order valence-electron chi connectivity index (χ4n) is 4.59. The summed E-state index contributed by atoms with van der Waals surface area (Å²) in [5.41, 5.74) is 2.15. The van der Waals surface area contributed by atoms with Gasteiger partial charge in [0.15, 0.2) is 17.3 Å². The molecule has 1 atom stereocenters. The molecule has 1 aromatic heterocycles. The van der Waals surface area contributed by atoms with Crippen molar-refractivity contribution in [2.45, 2.75) is 45.3 Å². The summed E-state index contributed by atoms with van der Waals surface area (Å²) in [5, 5.41) is 13.1. The van der Waals surface area contributed by atoms with Crippen LogP contribution in [0.3, 0.4) is 0 Å². The van der Waals surface area contributed by atoms with E-state index in [4.69, 9.17) is 9.47 Å². The van der Waals surface area contributed by atoms with Gasteiger partial charge in [-0.3, -0.25) is 9.80 Å². The normalized spacial score (nSPS) is 16.4. The van der Waals surface area contributed by atoms with Crippen molar-refractivity contribution in [2.24, 2.45) is 0 Å². The van der Waals surface area contributed by atoms with Crippen molar-refractivity contribution in [1.82, 2.24) is 30.0 Å². The maximum atomic E-state index is 5.85. The van der Waals surface area contributed by atoms with Crippen LogP contribution < -0.4 is 9.47 Å². The maximum absolute atomic E-state index is 5.85. The van der Waals surface area contributed by atoms with Crippen molar-refractivity contribution in [3.05, 3.63) is 65.5 Å². The first-order valence-electron chi connectivity index (χ1n) is 12.0. The van der Waals surface area contributed by atoms with Crippen LogP contribution in [0.15, 0.2) is 48.5 Å². The molecule has 0 amide bonds. The average Bonchev–Trinajstić information content (AvgIpc) is 3.36. The van der Waals surface area contributed by atoms with E-state index >= 15 is 0 Å². The fourth-order valence-corrected chi connectivity index (χ4v) is 4.59. The molecule has 0 bridgehead atoms. The van der Waals surface area contributed by atoms with Gasteiger partial charge < -0.3 is 9.47 Å². The van der Waals surface area contributed by atoms with Crippen molar-refractivity contribution in [3.8, 4) is 11.5 Å². The third-order valence-corrected chi connectivity index (χ3v) is 6.93. The van der Waals surface area contributed by atoms with Gasteiger partial charge in [-0.25, -0.2) is 4.68 Å². The third kappa shape index (κ3) is 4.93. The van der Waals surface area contributed by atoms with E-state index in [0.29, 0.717) is 5.75 Å². The van der Waals surface area contributed by atoms with Gasteiger partial charge in [-0.1, -0.05) is 49.4 Å². The van der Waals surface area contributed by atoms with E-state index in [1.54, 1.807) is 14.2 Å². The van der Waals surface area contributed by atoms with Gasteiger partial charge in [-0.15, -0.1) is 5.10 Å². The second kappa shape index (κ2) is 10.5. The molecule has 182 valence electrons. The van der Waals surface area contributed by atoms with E-state index in [1.807, 2.05) is 16.8 Å². The Bertz CT molecular complexity index is 1060. The number of benzene rings is 2. The van der Waals surface area contributed by atoms with Gasteiger partial charge in [0.1, 0.15) is 6.04 Å². The molecule has 34 heavy (non-hydrogen) atoms. The van der Waals surface area contributed by atoms with Gasteiger partial charge in [0, 0.05) is 38.3 Å². The van der Waals surface area contributed by atoms with E-state index in [2.05, 4.69) is 82.5 Å². The quantitative estimate of drug-likeness (QED) is 0.478. The minimum Gasteiger partial charge on any atom is -0.493 e. The average molecular weight is 465 g/mol. The van der Waals surface area contributed by atoms with Crippen molar-refractivity contribution in [1.29, 1.82) is 0 Å². The van der Waals surface area contributed by atoms with Crippen LogP contribution in [-0.4, -0.2) is 70.4 Å². The number of rotatable bonds is 9. The number of methoxy groups -OCH3 is 2. The Labute approximate surface area is 202 Å². The monoisotopic (exact) mass is 464 g/mol. The minimum atomic E-state index is -0.210. The predicted molar refractivity (Wildman–Crippen MR) is 132 cm³/mol. The molecule has 8 heteroatoms. The molecule has 1 aliphatic rings. The maximum Gasteiger partial charge on any atom is 0.173 e. The second-order valence-electron chi connectivity index (χ2n) is 9.40. The zero-order chi connectivity index (χ0) is 24.1. The van der Waals surface area contributed by atoms with Crippen LogP contribution in [0.25, 0.3) is 0 Å². The van der Waals surface area contributed by atoms with E-state index in [0.717, 1.165) is 56.3 Å². The standard InChI is InChI=1S/C26H36N6O2/c1-6-26(2,3)32-25(27-28-29-32)23(21-13-10-14-22(33-4)24(21)34-5)31-17-15-30(16-18-31)19-20-11-8-7-9-12-20/h7-14,23H,6,15-19H2,1-5H3/t23-/m0/s1. The first-order valence-corrected chi connectivity index (χ1v) is 12.0. The summed E-state index contributed by atoms with van der Waals surface area (Å²) in [5.74, 6) is 2.27. The zero-order valence-corrected chi connectivity index (χ0v) is 20.9. The highest BCUT2D eigenvalue weighted by Crippen LogP contribution is 2.40. The molecule has 0 unspecified atom stereocenters. The van der Waals surface area contributed by atoms with Gasteiger partial charge in [0.25, 0.3) is 0 Å². The summed E-state index contributed by atoms with van der Waals surface area (Å²) in [6.45, 7) is 11.2. The fraction of sp³-hybridized carbons (Fsp3) is 0.500. The highest BCUT2D eigenvalue weighted by molar-refractivity contribution is 5.49. The second-order valence-corrected chi connectivity index (χ2v) is 9.40. The first kappa shape index (κ1) is 24.2. The van der Waals surface area contributed by atoms with Crippen molar-refractivity contribution < 1.29 is 9.47 Å². The van der Waals surface area contributed by atoms with Gasteiger partial charge in [-0.05, 0) is 42.3 Å². The van der Waals surface area contributed by atoms with E-state index in [-0.39, 0.29) is 11.6 Å². The van der Waals surface area contributed by atoms with Gasteiger partial charge in [0.2, 0.25) is 0 Å². The lowest BCUT2D eigenvalue weighted by atomic mass is 9.98. The SMILES string of the molecule is CCC(C)(C)n1nnnc1[C@H](c1cccc(OC)c1OC)N1CCN(Cc2ccccc2)CC1. The Morgan fingerprint density at radius 2 is 1.68 bits per heavy atom. The minimum absolute atomic E-state index is 0.148. The smallest absolute Gasteiger partial charge is 0.173 e. The lowest BCUT2D eigenvalue weighted by Crippen LogP contribution is -2.48. The Kier molecular flexibility index (Phi) is 7.48. The zero-order valence-electron chi connectivity index (χ0n) is 20.9. The number of hydrogen-bond donors (Lipinski definition) is 0. The molecule has 8 nitrogen and oxygen atoms in total. The van der Waals surface area contributed by atoms with Gasteiger partial charge in [-0.2, -0.15) is 0 Å². The van der Waals surface area contributed by atoms with Crippen LogP contribution >= 0.6 is 0 Å². The van der Waals surface area contributed by atoms with Crippen molar-refractivity contribution in [2.75, 3.05) is 40.4 Å². The summed E-state index contributed by atoms with van der Waals surface area (Å²) >= 11 is 0. The van der Waals surface area contributed by atoms with E-state index in [9.17, 15) is 0 Å². The van der Waals surface area contributed by atoms with Crippen LogP contribution in [0.4, 0.5) is 0 Å². The number of piperazine rings is 1. The van der Waals surface area contributed by atoms with E-state index in [1.165, 1.54) is 5.56 Å². The summed E-state index contributed by atoms with van der Waals surface area (Å²) in [7, 11) is 3.36. The lowest BCUT2D eigenvalue weighted by molar-refractivity contribution is 0.0961. The molecule has 4 rings (SSSR count). The van der Waals surface area contributed by atoms with Crippen LogP contribution in [0.1, 0.15) is 50.2 Å². The largest absolute Gasteiger partial charge is 0.493 e. The number of ether oxygens (including phenoxy) is 2. The first-order chi connectivity index (χ1) is 16.5. The van der Waals surface area contributed by atoms with Gasteiger partial charge in [0.05, 0.1) is 19.8 Å². The molecule has 1 aliphatic heterocycles. The van der Waals surface area contributed by atoms with Crippen LogP contribution in [-0.2, 0) is 12.1 Å². The Hall–Kier alpha value is -2.97. The molecule has 0 N–H and O–H groups in total. The third-order valence-electron chi connectivity index (χ3n) is 6.93. The summed E-state index contributed by atoms with van der Waals surface area (Å²) in [6.07, 6.45) is 0.915. The molecule has 3 aromatic rings. The number of tetrazole rings is 1. The molecular weight excluding hydrogens is 428 g/mol. The van der Waals surface area contributed by atoms with Crippen LogP contribution in [0.5, 0.6) is 11.5 Å². The number of para-hydroxylation sites is 1. The summed E-state index contributed by atoms with van der Waals surface area (Å²) in [4.78, 5) is 4.97. The molecular formula is C26H36N6O2. The predicted octanol–water partition coefficient (Wildman–Crippen LogP) is 3.74. The summed E-state index contributed by atoms with van der Waals surface area (Å²) in [6, 6.07) is 16.5. The summed E-state index contributed by atoms with van der Waals surface area (Å²) < 4.78 is 13.5. The molecule has 0 radical (unpaired) electrons. The highest BCUT2D eigenvalue weighted by atomic mass is 16.5. The molecule has 2 aromatic carbocycles. The molecule has 0 spiro atoms. The molecule has 1 saturated heterocycles. The lowest BCUT2D eigenvalue weighted by Gasteiger charge is -2.40. The molecule has 0 aliphatic carbocycles. The highest BCUT2D eigenvalue weighted by Gasteiger charge is 2.36. The Balaban J connectivity index is 1.68. The van der Waals surface area contributed by atoms with Crippen molar-refractivity contribution >= 4 is 0 Å². The van der Waals surface area contributed by atoms with Gasteiger partial charge >= 0.3 is 0 Å².